The van der Waals surface area contributed by atoms with Crippen LogP contribution in [0.2, 0.25) is 0 Å². The molecule has 0 saturated carbocycles. The van der Waals surface area contributed by atoms with Gasteiger partial charge in [-0.2, -0.15) is 0 Å². The predicted octanol–water partition coefficient (Wildman–Crippen LogP) is 0.485. The Hall–Kier alpha value is -0.150. The summed E-state index contributed by atoms with van der Waals surface area (Å²) in [5, 5.41) is 10.2. The molecule has 1 heterocycles. The van der Waals surface area contributed by atoms with Gasteiger partial charge in [0.1, 0.15) is 6.30 Å². The molecule has 1 saturated heterocycles. The largest absolute Gasteiger partial charge is 0.783 e. The van der Waals surface area contributed by atoms with Crippen LogP contribution in [0.25, 0.3) is 0 Å². The predicted molar refractivity (Wildman–Crippen MR) is 19.6 cm³/mol. The fourth-order valence-electron chi connectivity index (χ4n) is 0.332. The van der Waals surface area contributed by atoms with Crippen LogP contribution >= 0.6 is 0 Å². The Morgan fingerprint density at radius 1 is 1.83 bits per heavy atom. The minimum atomic E-state index is -1.19. The normalized spacial score (nSPS) is 36.0. The molecule has 0 aliphatic carbocycles. The highest BCUT2D eigenvalue weighted by Gasteiger charge is 2.16. The van der Waals surface area contributed by atoms with Gasteiger partial charge < -0.3 is 10.3 Å². The molecule has 6 heavy (non-hydrogen) atoms. The third kappa shape index (κ3) is 0.399. The topological polar surface area (TPSA) is 26.3 Å². The van der Waals surface area contributed by atoms with Gasteiger partial charge in [0.05, 0.1) is 0 Å². The maximum Gasteiger partial charge on any atom is 0.143 e. The molecule has 1 fully saturated rings. The summed E-state index contributed by atoms with van der Waals surface area (Å²) in [4.78, 5) is 0. The number of hydrogen-bond donors (Lipinski definition) is 0. The Morgan fingerprint density at radius 2 is 2.33 bits per heavy atom. The number of hydrogen-bond acceptors (Lipinski definition) is 2. The fraction of sp³-hybridized carbons (Fsp3) is 1.00. The molecule has 3 heteroatoms. The van der Waals surface area contributed by atoms with Crippen LogP contribution in [-0.2, 0) is 0 Å². The van der Waals surface area contributed by atoms with E-state index in [-0.39, 0.29) is 0 Å². The number of rotatable bonds is 0. The van der Waals surface area contributed by atoms with E-state index < -0.39 is 6.30 Å². The van der Waals surface area contributed by atoms with Crippen molar-refractivity contribution in [3.63, 3.8) is 0 Å². The summed E-state index contributed by atoms with van der Waals surface area (Å²) < 4.78 is 11.5. The lowest BCUT2D eigenvalue weighted by Crippen LogP contribution is -2.39. The first kappa shape index (κ1) is 4.02. The molecule has 36 valence electrons. The quantitative estimate of drug-likeness (QED) is 0.404. The number of hydroxylamine groups is 2. The van der Waals surface area contributed by atoms with Crippen LogP contribution in [0.15, 0.2) is 0 Å². The van der Waals surface area contributed by atoms with Gasteiger partial charge in [0.15, 0.2) is 0 Å². The molecule has 1 atom stereocenters. The molecule has 0 aromatic rings. The van der Waals surface area contributed by atoms with Gasteiger partial charge in [-0.25, -0.2) is 4.39 Å². The molecular formula is C3H5FNO-. The van der Waals surface area contributed by atoms with Gasteiger partial charge >= 0.3 is 0 Å². The lowest BCUT2D eigenvalue weighted by Gasteiger charge is -2.40. The van der Waals surface area contributed by atoms with E-state index in [1.807, 2.05) is 0 Å². The van der Waals surface area contributed by atoms with Crippen molar-refractivity contribution in [2.24, 2.45) is 0 Å². The summed E-state index contributed by atoms with van der Waals surface area (Å²) in [7, 11) is 0. The third-order valence-corrected chi connectivity index (χ3v) is 0.900. The van der Waals surface area contributed by atoms with E-state index in [2.05, 4.69) is 0 Å². The zero-order chi connectivity index (χ0) is 4.57. The Kier molecular flexibility index (Phi) is 0.782. The van der Waals surface area contributed by atoms with Crippen LogP contribution in [0.3, 0.4) is 0 Å². The van der Waals surface area contributed by atoms with Crippen LogP contribution in [0.5, 0.6) is 0 Å². The van der Waals surface area contributed by atoms with Crippen molar-refractivity contribution in [2.75, 3.05) is 6.54 Å². The first-order chi connectivity index (χ1) is 2.80. The highest BCUT2D eigenvalue weighted by molar-refractivity contribution is 4.72. The maximum absolute atomic E-state index is 11.5. The van der Waals surface area contributed by atoms with Gasteiger partial charge in [0.2, 0.25) is 0 Å². The number of halogens is 1. The van der Waals surface area contributed by atoms with Gasteiger partial charge in [-0.3, -0.25) is 0 Å². The van der Waals surface area contributed by atoms with Gasteiger partial charge in [0, 0.05) is 6.42 Å². The second-order valence-corrected chi connectivity index (χ2v) is 1.36. The van der Waals surface area contributed by atoms with Crippen molar-refractivity contribution < 1.29 is 4.39 Å². The summed E-state index contributed by atoms with van der Waals surface area (Å²) in [5.41, 5.74) is 0. The zero-order valence-corrected chi connectivity index (χ0v) is 3.22. The van der Waals surface area contributed by atoms with Crippen molar-refractivity contribution >= 4 is 0 Å². The fourth-order valence-corrected chi connectivity index (χ4v) is 0.332. The summed E-state index contributed by atoms with van der Waals surface area (Å²) in [6.45, 7) is 0.376. The van der Waals surface area contributed by atoms with E-state index in [9.17, 15) is 9.60 Å². The van der Waals surface area contributed by atoms with Gasteiger partial charge in [0.25, 0.3) is 0 Å². The molecule has 1 rings (SSSR count). The van der Waals surface area contributed by atoms with Crippen LogP contribution < -0.4 is 0 Å². The minimum Gasteiger partial charge on any atom is -0.783 e. The molecule has 0 N–H and O–H groups in total. The van der Waals surface area contributed by atoms with E-state index in [0.717, 1.165) is 0 Å². The Balaban J connectivity index is 2.20. The van der Waals surface area contributed by atoms with E-state index in [4.69, 9.17) is 0 Å². The second kappa shape index (κ2) is 1.17. The number of nitrogens with zero attached hydrogens (tertiary/aromatic N) is 1. The molecule has 0 radical (unpaired) electrons. The van der Waals surface area contributed by atoms with E-state index in [1.165, 1.54) is 0 Å². The summed E-state index contributed by atoms with van der Waals surface area (Å²) in [5.74, 6) is 0. The van der Waals surface area contributed by atoms with Crippen molar-refractivity contribution in [2.45, 2.75) is 12.7 Å². The molecule has 1 aliphatic heterocycles. The summed E-state index contributed by atoms with van der Waals surface area (Å²) in [6.07, 6.45) is -0.770. The Morgan fingerprint density at radius 3 is 2.33 bits per heavy atom. The zero-order valence-electron chi connectivity index (χ0n) is 3.22. The summed E-state index contributed by atoms with van der Waals surface area (Å²) in [6, 6.07) is 0. The molecule has 1 aliphatic rings. The van der Waals surface area contributed by atoms with E-state index >= 15 is 0 Å². The highest BCUT2D eigenvalue weighted by atomic mass is 19.1. The molecule has 0 amide bonds. The minimum absolute atomic E-state index is 0.376. The van der Waals surface area contributed by atoms with Crippen molar-refractivity contribution in [3.05, 3.63) is 5.21 Å². The van der Waals surface area contributed by atoms with E-state index in [1.54, 1.807) is 0 Å². The second-order valence-electron chi connectivity index (χ2n) is 1.36. The molecule has 0 bridgehead atoms. The van der Waals surface area contributed by atoms with Gasteiger partial charge in [-0.1, -0.05) is 0 Å². The van der Waals surface area contributed by atoms with Gasteiger partial charge in [-0.05, 0) is 6.54 Å². The third-order valence-electron chi connectivity index (χ3n) is 0.900. The molecule has 1 unspecified atom stereocenters. The maximum atomic E-state index is 11.5. The van der Waals surface area contributed by atoms with Crippen LogP contribution in [-0.4, -0.2) is 17.9 Å². The number of alkyl halides is 1. The smallest absolute Gasteiger partial charge is 0.143 e. The lowest BCUT2D eigenvalue weighted by atomic mass is 10.3. The van der Waals surface area contributed by atoms with E-state index in [0.29, 0.717) is 18.0 Å². The first-order valence-corrected chi connectivity index (χ1v) is 1.88. The molecule has 2 nitrogen and oxygen atoms in total. The molecule has 0 aromatic heterocycles. The standard InChI is InChI=1S/C3H5FNO/c4-3-1-2-5(3)6/h3H,1-2H2/q-1. The van der Waals surface area contributed by atoms with Gasteiger partial charge in [-0.15, -0.1) is 0 Å². The Bertz CT molecular complexity index is 50.8. The van der Waals surface area contributed by atoms with Crippen LogP contribution in [0.4, 0.5) is 4.39 Å². The molecular weight excluding hydrogens is 85.0 g/mol. The SMILES string of the molecule is [O-]N1CCC1F. The Labute approximate surface area is 35.1 Å². The monoisotopic (exact) mass is 90.0 g/mol. The van der Waals surface area contributed by atoms with Crippen molar-refractivity contribution in [1.82, 2.24) is 5.06 Å². The molecule has 0 spiro atoms. The van der Waals surface area contributed by atoms with Crippen molar-refractivity contribution in [1.29, 1.82) is 0 Å². The average molecular weight is 90.1 g/mol. The highest BCUT2D eigenvalue weighted by Crippen LogP contribution is 2.14. The first-order valence-electron chi connectivity index (χ1n) is 1.88. The molecule has 0 aromatic carbocycles. The van der Waals surface area contributed by atoms with Crippen LogP contribution in [0, 0.1) is 5.21 Å². The average Bonchev–Trinajstić information content (AvgIpc) is 1.61. The summed E-state index contributed by atoms with van der Waals surface area (Å²) >= 11 is 0. The van der Waals surface area contributed by atoms with Crippen molar-refractivity contribution in [3.8, 4) is 0 Å². The lowest BCUT2D eigenvalue weighted by molar-refractivity contribution is 0.0359. The van der Waals surface area contributed by atoms with Crippen LogP contribution in [0.1, 0.15) is 6.42 Å².